The van der Waals surface area contributed by atoms with Crippen LogP contribution in [0.4, 0.5) is 10.1 Å². The minimum Gasteiger partial charge on any atom is -0.317 e. The van der Waals surface area contributed by atoms with Crippen molar-refractivity contribution in [2.24, 2.45) is 0 Å². The Balaban J connectivity index is 2.81. The molecule has 68 valence electrons. The highest BCUT2D eigenvalue weighted by Gasteiger charge is 2.09. The number of Topliss-reactive ketones (excluding diaryl/α,β-unsaturated/α-hetero) is 1. The Labute approximate surface area is 74.6 Å². The number of para-hydroxylation sites is 1. The minimum absolute atomic E-state index is 0.0164. The highest BCUT2D eigenvalue weighted by molar-refractivity contribution is 6.39. The van der Waals surface area contributed by atoms with E-state index in [0.717, 1.165) is 6.92 Å². The molecule has 0 aliphatic heterocycles. The molecule has 0 bridgehead atoms. The van der Waals surface area contributed by atoms with Gasteiger partial charge in [0.1, 0.15) is 5.82 Å². The molecule has 1 rings (SSSR count). The number of amides is 1. The zero-order chi connectivity index (χ0) is 9.84. The first-order valence-electron chi connectivity index (χ1n) is 3.67. The van der Waals surface area contributed by atoms with Crippen molar-refractivity contribution in [3.8, 4) is 0 Å². The molecule has 13 heavy (non-hydrogen) atoms. The molecule has 0 saturated carbocycles. The highest BCUT2D eigenvalue weighted by atomic mass is 19.1. The molecule has 0 spiro atoms. The molecule has 4 heteroatoms. The zero-order valence-electron chi connectivity index (χ0n) is 7.00. The number of rotatable bonds is 2. The number of carbonyl (C=O) groups excluding carboxylic acids is 2. The fourth-order valence-electron chi connectivity index (χ4n) is 0.773. The van der Waals surface area contributed by atoms with Crippen LogP contribution in [0.25, 0.3) is 0 Å². The fourth-order valence-corrected chi connectivity index (χ4v) is 0.773. The number of nitrogens with one attached hydrogen (secondary N) is 1. The predicted molar refractivity (Wildman–Crippen MR) is 45.7 cm³/mol. The molecule has 0 heterocycles. The van der Waals surface area contributed by atoms with Crippen LogP contribution in [0.2, 0.25) is 0 Å². The van der Waals surface area contributed by atoms with E-state index < -0.39 is 17.5 Å². The molecule has 3 nitrogen and oxygen atoms in total. The van der Waals surface area contributed by atoms with Crippen molar-refractivity contribution in [1.82, 2.24) is 0 Å². The van der Waals surface area contributed by atoms with Gasteiger partial charge in [-0.15, -0.1) is 0 Å². The van der Waals surface area contributed by atoms with Crippen LogP contribution in [-0.4, -0.2) is 11.7 Å². The third-order valence-electron chi connectivity index (χ3n) is 1.44. The lowest BCUT2D eigenvalue weighted by atomic mass is 10.3. The third kappa shape index (κ3) is 2.37. The van der Waals surface area contributed by atoms with Crippen molar-refractivity contribution in [3.63, 3.8) is 0 Å². The number of anilines is 1. The first kappa shape index (κ1) is 9.38. The van der Waals surface area contributed by atoms with E-state index in [-0.39, 0.29) is 5.69 Å². The molecule has 1 N–H and O–H groups in total. The molecular formula is C9H8FNO2. The average molecular weight is 181 g/mol. The molecular weight excluding hydrogens is 173 g/mol. The quantitative estimate of drug-likeness (QED) is 0.700. The second-order valence-corrected chi connectivity index (χ2v) is 2.49. The Bertz CT molecular complexity index is 349. The molecule has 0 aliphatic carbocycles. The van der Waals surface area contributed by atoms with Crippen LogP contribution in [0.5, 0.6) is 0 Å². The molecule has 0 radical (unpaired) electrons. The largest absolute Gasteiger partial charge is 0.317 e. The van der Waals surface area contributed by atoms with Gasteiger partial charge in [0.25, 0.3) is 5.91 Å². The SMILES string of the molecule is CC(=O)C(=O)Nc1ccccc1F. The van der Waals surface area contributed by atoms with Gasteiger partial charge < -0.3 is 5.32 Å². The van der Waals surface area contributed by atoms with Gasteiger partial charge in [0.15, 0.2) is 0 Å². The molecule has 0 aromatic heterocycles. The standard InChI is InChI=1S/C9H8FNO2/c1-6(12)9(13)11-8-5-3-2-4-7(8)10/h2-5H,1H3,(H,11,13). The molecule has 1 aromatic rings. The number of hydrogen-bond acceptors (Lipinski definition) is 2. The Kier molecular flexibility index (Phi) is 2.74. The van der Waals surface area contributed by atoms with E-state index in [2.05, 4.69) is 5.32 Å². The molecule has 0 aliphatic rings. The summed E-state index contributed by atoms with van der Waals surface area (Å²) in [7, 11) is 0. The number of benzene rings is 1. The number of ketones is 1. The molecule has 1 aromatic carbocycles. The van der Waals surface area contributed by atoms with Gasteiger partial charge in [-0.1, -0.05) is 12.1 Å². The first-order valence-corrected chi connectivity index (χ1v) is 3.67. The van der Waals surface area contributed by atoms with Crippen molar-refractivity contribution < 1.29 is 14.0 Å². The molecule has 0 saturated heterocycles. The first-order chi connectivity index (χ1) is 6.11. The summed E-state index contributed by atoms with van der Waals surface area (Å²) in [5.41, 5.74) is 0.0164. The van der Waals surface area contributed by atoms with Crippen LogP contribution >= 0.6 is 0 Å². The van der Waals surface area contributed by atoms with E-state index >= 15 is 0 Å². The Morgan fingerprint density at radius 2 is 1.92 bits per heavy atom. The summed E-state index contributed by atoms with van der Waals surface area (Å²) in [6.07, 6.45) is 0. The third-order valence-corrected chi connectivity index (χ3v) is 1.44. The van der Waals surface area contributed by atoms with Crippen LogP contribution in [0, 0.1) is 5.82 Å². The van der Waals surface area contributed by atoms with E-state index in [4.69, 9.17) is 0 Å². The average Bonchev–Trinajstić information content (AvgIpc) is 2.08. The van der Waals surface area contributed by atoms with E-state index in [0.29, 0.717) is 0 Å². The van der Waals surface area contributed by atoms with Gasteiger partial charge in [-0.05, 0) is 12.1 Å². The van der Waals surface area contributed by atoms with Crippen LogP contribution in [0.3, 0.4) is 0 Å². The van der Waals surface area contributed by atoms with E-state index in [1.165, 1.54) is 18.2 Å². The van der Waals surface area contributed by atoms with Gasteiger partial charge >= 0.3 is 0 Å². The Morgan fingerprint density at radius 3 is 2.46 bits per heavy atom. The summed E-state index contributed by atoms with van der Waals surface area (Å²) in [5, 5.41) is 2.15. The topological polar surface area (TPSA) is 46.2 Å². The van der Waals surface area contributed by atoms with Crippen molar-refractivity contribution in [2.45, 2.75) is 6.92 Å². The van der Waals surface area contributed by atoms with E-state index in [1.54, 1.807) is 6.07 Å². The van der Waals surface area contributed by atoms with Crippen molar-refractivity contribution >= 4 is 17.4 Å². The summed E-state index contributed by atoms with van der Waals surface area (Å²) in [6.45, 7) is 1.12. The lowest BCUT2D eigenvalue weighted by Gasteiger charge is -2.02. The maximum absolute atomic E-state index is 12.9. The summed E-state index contributed by atoms with van der Waals surface area (Å²) < 4.78 is 12.9. The number of carbonyl (C=O) groups is 2. The zero-order valence-corrected chi connectivity index (χ0v) is 7.00. The van der Waals surface area contributed by atoms with Gasteiger partial charge in [0.05, 0.1) is 5.69 Å². The lowest BCUT2D eigenvalue weighted by molar-refractivity contribution is -0.133. The molecule has 1 amide bonds. The minimum atomic E-state index is -0.815. The van der Waals surface area contributed by atoms with Crippen molar-refractivity contribution in [2.75, 3.05) is 5.32 Å². The Morgan fingerprint density at radius 1 is 1.31 bits per heavy atom. The Hall–Kier alpha value is -1.71. The van der Waals surface area contributed by atoms with Crippen molar-refractivity contribution in [3.05, 3.63) is 30.1 Å². The fraction of sp³-hybridized carbons (Fsp3) is 0.111. The van der Waals surface area contributed by atoms with Crippen LogP contribution in [0.1, 0.15) is 6.92 Å². The summed E-state index contributed by atoms with van der Waals surface area (Å²) in [4.78, 5) is 21.4. The van der Waals surface area contributed by atoms with Gasteiger partial charge in [0, 0.05) is 6.92 Å². The molecule has 0 atom stereocenters. The van der Waals surface area contributed by atoms with Gasteiger partial charge in [-0.2, -0.15) is 0 Å². The highest BCUT2D eigenvalue weighted by Crippen LogP contribution is 2.11. The normalized spacial score (nSPS) is 9.38. The second kappa shape index (κ2) is 3.80. The van der Waals surface area contributed by atoms with Crippen LogP contribution < -0.4 is 5.32 Å². The van der Waals surface area contributed by atoms with Gasteiger partial charge in [-0.25, -0.2) is 4.39 Å². The van der Waals surface area contributed by atoms with Crippen LogP contribution in [0.15, 0.2) is 24.3 Å². The maximum Gasteiger partial charge on any atom is 0.291 e. The number of hydrogen-bond donors (Lipinski definition) is 1. The van der Waals surface area contributed by atoms with E-state index in [1.807, 2.05) is 0 Å². The van der Waals surface area contributed by atoms with Crippen molar-refractivity contribution in [1.29, 1.82) is 0 Å². The molecule has 0 unspecified atom stereocenters. The van der Waals surface area contributed by atoms with E-state index in [9.17, 15) is 14.0 Å². The smallest absolute Gasteiger partial charge is 0.291 e. The van der Waals surface area contributed by atoms with Crippen LogP contribution in [-0.2, 0) is 9.59 Å². The van der Waals surface area contributed by atoms with Gasteiger partial charge in [-0.3, -0.25) is 9.59 Å². The van der Waals surface area contributed by atoms with Gasteiger partial charge in [0.2, 0.25) is 5.78 Å². The number of halogens is 1. The summed E-state index contributed by atoms with van der Waals surface area (Å²) >= 11 is 0. The lowest BCUT2D eigenvalue weighted by Crippen LogP contribution is -2.20. The maximum atomic E-state index is 12.9. The molecule has 0 fully saturated rings. The summed E-state index contributed by atoms with van der Waals surface area (Å²) in [6, 6.07) is 5.66. The summed E-state index contributed by atoms with van der Waals surface area (Å²) in [5.74, 6) is -2.02. The second-order valence-electron chi connectivity index (χ2n) is 2.49. The monoisotopic (exact) mass is 181 g/mol. The predicted octanol–water partition coefficient (Wildman–Crippen LogP) is 1.35.